The first-order valence-electron chi connectivity index (χ1n) is 8.52. The van der Waals surface area contributed by atoms with Crippen LogP contribution in [0, 0.1) is 5.92 Å². The Hall–Kier alpha value is -0.540. The zero-order chi connectivity index (χ0) is 15.8. The summed E-state index contributed by atoms with van der Waals surface area (Å²) in [5.74, 6) is 0.675. The fourth-order valence-electron chi connectivity index (χ4n) is 2.75. The third-order valence-electron chi connectivity index (χ3n) is 4.08. The molecule has 122 valence electrons. The minimum Gasteiger partial charge on any atom is -0.314 e. The molecule has 0 aliphatic heterocycles. The average molecular weight is 314 g/mol. The van der Waals surface area contributed by atoms with E-state index in [9.17, 15) is 0 Å². The quantitative estimate of drug-likeness (QED) is 0.691. The van der Waals surface area contributed by atoms with Gasteiger partial charge in [0.2, 0.25) is 0 Å². The highest BCUT2D eigenvalue weighted by molar-refractivity contribution is 6.31. The molecular formula is C17H32ClN3. The molecule has 1 atom stereocenters. The lowest BCUT2D eigenvalue weighted by Crippen LogP contribution is -2.34. The van der Waals surface area contributed by atoms with Gasteiger partial charge < -0.3 is 5.32 Å². The standard InChI is InChI=1S/C17H32ClN3/c1-6-12-19-15(13(4)5)10-9-11-16-17(18)14(7-2)20-21(16)8-3/h13,15,19H,6-12H2,1-5H3. The van der Waals surface area contributed by atoms with Crippen LogP contribution in [0.4, 0.5) is 0 Å². The number of hydrogen-bond donors (Lipinski definition) is 1. The van der Waals surface area contributed by atoms with Gasteiger partial charge in [-0.3, -0.25) is 4.68 Å². The first kappa shape index (κ1) is 18.5. The van der Waals surface area contributed by atoms with Crippen molar-refractivity contribution in [2.75, 3.05) is 6.54 Å². The Labute approximate surface area is 135 Å². The Bertz CT molecular complexity index is 412. The highest BCUT2D eigenvalue weighted by Gasteiger charge is 2.16. The smallest absolute Gasteiger partial charge is 0.0849 e. The van der Waals surface area contributed by atoms with E-state index < -0.39 is 0 Å². The lowest BCUT2D eigenvalue weighted by atomic mass is 9.97. The summed E-state index contributed by atoms with van der Waals surface area (Å²) in [6.07, 6.45) is 5.48. The fourth-order valence-corrected chi connectivity index (χ4v) is 3.11. The number of hydrogen-bond acceptors (Lipinski definition) is 2. The van der Waals surface area contributed by atoms with Crippen LogP contribution in [0.2, 0.25) is 5.02 Å². The minimum atomic E-state index is 0.604. The Kier molecular flexibility index (Phi) is 8.35. The second-order valence-electron chi connectivity index (χ2n) is 6.07. The number of rotatable bonds is 10. The van der Waals surface area contributed by atoms with Crippen molar-refractivity contribution >= 4 is 11.6 Å². The zero-order valence-corrected chi connectivity index (χ0v) is 15.1. The van der Waals surface area contributed by atoms with E-state index in [4.69, 9.17) is 11.6 Å². The number of nitrogens with zero attached hydrogens (tertiary/aromatic N) is 2. The SMILES string of the molecule is CCCNC(CCCc1c(Cl)c(CC)nn1CC)C(C)C. The maximum absolute atomic E-state index is 6.47. The van der Waals surface area contributed by atoms with Gasteiger partial charge >= 0.3 is 0 Å². The van der Waals surface area contributed by atoms with Gasteiger partial charge in [-0.2, -0.15) is 5.10 Å². The van der Waals surface area contributed by atoms with Gasteiger partial charge in [0.15, 0.2) is 0 Å². The van der Waals surface area contributed by atoms with Crippen LogP contribution in [0.1, 0.15) is 65.3 Å². The lowest BCUT2D eigenvalue weighted by molar-refractivity contribution is 0.369. The van der Waals surface area contributed by atoms with E-state index in [1.807, 2.05) is 0 Å². The van der Waals surface area contributed by atoms with Crippen molar-refractivity contribution in [2.24, 2.45) is 5.92 Å². The summed E-state index contributed by atoms with van der Waals surface area (Å²) < 4.78 is 2.07. The zero-order valence-electron chi connectivity index (χ0n) is 14.4. The molecule has 0 aliphatic rings. The molecule has 21 heavy (non-hydrogen) atoms. The molecule has 0 saturated carbocycles. The maximum Gasteiger partial charge on any atom is 0.0849 e. The molecule has 0 aliphatic carbocycles. The van der Waals surface area contributed by atoms with Crippen molar-refractivity contribution in [3.8, 4) is 0 Å². The van der Waals surface area contributed by atoms with Gasteiger partial charge in [0.05, 0.1) is 16.4 Å². The van der Waals surface area contributed by atoms with Crippen LogP contribution in [0.25, 0.3) is 0 Å². The molecule has 1 aromatic heterocycles. The topological polar surface area (TPSA) is 29.9 Å². The molecule has 0 saturated heterocycles. The van der Waals surface area contributed by atoms with Gasteiger partial charge in [-0.05, 0) is 51.5 Å². The molecule has 1 rings (SSSR count). The van der Waals surface area contributed by atoms with E-state index in [2.05, 4.69) is 49.7 Å². The van der Waals surface area contributed by atoms with Crippen molar-refractivity contribution in [3.05, 3.63) is 16.4 Å². The summed E-state index contributed by atoms with van der Waals surface area (Å²) >= 11 is 6.47. The van der Waals surface area contributed by atoms with E-state index in [0.717, 1.165) is 43.1 Å². The Balaban J connectivity index is 2.60. The molecule has 0 bridgehead atoms. The van der Waals surface area contributed by atoms with Crippen LogP contribution in [-0.2, 0) is 19.4 Å². The van der Waals surface area contributed by atoms with Crippen LogP contribution < -0.4 is 5.32 Å². The number of aryl methyl sites for hydroxylation is 2. The predicted molar refractivity (Wildman–Crippen MR) is 92.1 cm³/mol. The van der Waals surface area contributed by atoms with Crippen molar-refractivity contribution < 1.29 is 0 Å². The molecule has 3 nitrogen and oxygen atoms in total. The third kappa shape index (κ3) is 5.30. The minimum absolute atomic E-state index is 0.604. The van der Waals surface area contributed by atoms with Crippen molar-refractivity contribution in [3.63, 3.8) is 0 Å². The molecule has 1 unspecified atom stereocenters. The van der Waals surface area contributed by atoms with Gasteiger partial charge in [0.25, 0.3) is 0 Å². The van der Waals surface area contributed by atoms with E-state index in [-0.39, 0.29) is 0 Å². The van der Waals surface area contributed by atoms with Crippen molar-refractivity contribution in [1.82, 2.24) is 15.1 Å². The van der Waals surface area contributed by atoms with Crippen LogP contribution in [0.5, 0.6) is 0 Å². The molecule has 4 heteroatoms. The molecule has 0 aromatic carbocycles. The largest absolute Gasteiger partial charge is 0.314 e. The summed E-state index contributed by atoms with van der Waals surface area (Å²) in [4.78, 5) is 0. The summed E-state index contributed by atoms with van der Waals surface area (Å²) in [5.41, 5.74) is 2.26. The molecule has 1 N–H and O–H groups in total. The normalized spacial score (nSPS) is 13.1. The van der Waals surface area contributed by atoms with Crippen LogP contribution >= 0.6 is 11.6 Å². The van der Waals surface area contributed by atoms with Crippen LogP contribution in [0.3, 0.4) is 0 Å². The van der Waals surface area contributed by atoms with Crippen molar-refractivity contribution in [2.45, 2.75) is 79.3 Å². The van der Waals surface area contributed by atoms with Gasteiger partial charge in [0.1, 0.15) is 0 Å². The average Bonchev–Trinajstić information content (AvgIpc) is 2.78. The molecule has 0 fully saturated rings. The Morgan fingerprint density at radius 1 is 1.24 bits per heavy atom. The molecule has 1 aromatic rings. The first-order valence-corrected chi connectivity index (χ1v) is 8.90. The van der Waals surface area contributed by atoms with Crippen LogP contribution in [0.15, 0.2) is 0 Å². The summed E-state index contributed by atoms with van der Waals surface area (Å²) in [5, 5.41) is 9.15. The summed E-state index contributed by atoms with van der Waals surface area (Å²) in [6.45, 7) is 13.1. The number of aromatic nitrogens is 2. The van der Waals surface area contributed by atoms with Gasteiger partial charge in [-0.15, -0.1) is 0 Å². The Morgan fingerprint density at radius 2 is 1.95 bits per heavy atom. The number of nitrogens with one attached hydrogen (secondary N) is 1. The van der Waals surface area contributed by atoms with Gasteiger partial charge in [-0.1, -0.05) is 39.3 Å². The molecule has 0 spiro atoms. The second-order valence-corrected chi connectivity index (χ2v) is 6.45. The van der Waals surface area contributed by atoms with E-state index in [1.54, 1.807) is 0 Å². The van der Waals surface area contributed by atoms with Gasteiger partial charge in [0, 0.05) is 12.6 Å². The molecule has 0 radical (unpaired) electrons. The Morgan fingerprint density at radius 3 is 2.48 bits per heavy atom. The summed E-state index contributed by atoms with van der Waals surface area (Å²) in [7, 11) is 0. The highest BCUT2D eigenvalue weighted by Crippen LogP contribution is 2.24. The van der Waals surface area contributed by atoms with E-state index >= 15 is 0 Å². The lowest BCUT2D eigenvalue weighted by Gasteiger charge is -2.22. The van der Waals surface area contributed by atoms with Crippen molar-refractivity contribution in [1.29, 1.82) is 0 Å². The number of halogens is 1. The van der Waals surface area contributed by atoms with E-state index in [0.29, 0.717) is 12.0 Å². The predicted octanol–water partition coefficient (Wildman–Crippen LogP) is 4.47. The molecular weight excluding hydrogens is 282 g/mol. The monoisotopic (exact) mass is 313 g/mol. The molecule has 1 heterocycles. The molecule has 0 amide bonds. The summed E-state index contributed by atoms with van der Waals surface area (Å²) in [6, 6.07) is 0.604. The second kappa shape index (κ2) is 9.47. The van der Waals surface area contributed by atoms with E-state index in [1.165, 1.54) is 18.5 Å². The third-order valence-corrected chi connectivity index (χ3v) is 4.52. The van der Waals surface area contributed by atoms with Crippen LogP contribution in [-0.4, -0.2) is 22.4 Å². The highest BCUT2D eigenvalue weighted by atomic mass is 35.5. The first-order chi connectivity index (χ1) is 10.0. The fraction of sp³-hybridized carbons (Fsp3) is 0.824. The maximum atomic E-state index is 6.47. The van der Waals surface area contributed by atoms with Gasteiger partial charge in [-0.25, -0.2) is 0 Å².